The molecule has 2 N–H and O–H groups in total. The highest BCUT2D eigenvalue weighted by molar-refractivity contribution is 5.85. The van der Waals surface area contributed by atoms with E-state index in [2.05, 4.69) is 39.7 Å². The summed E-state index contributed by atoms with van der Waals surface area (Å²) in [6, 6.07) is 10.5. The average molecular weight is 400 g/mol. The van der Waals surface area contributed by atoms with Crippen LogP contribution in [0.1, 0.15) is 18.1 Å². The molecule has 1 aromatic carbocycles. The minimum atomic E-state index is 0. The Bertz CT molecular complexity index is 665. The zero-order valence-electron chi connectivity index (χ0n) is 14.9. The van der Waals surface area contributed by atoms with Crippen LogP contribution < -0.4 is 10.6 Å². The number of carbonyl (C=O) groups excluding carboxylic acids is 1. The first-order valence-corrected chi connectivity index (χ1v) is 8.48. The predicted molar refractivity (Wildman–Crippen MR) is 108 cm³/mol. The van der Waals surface area contributed by atoms with Gasteiger partial charge in [0.15, 0.2) is 0 Å². The minimum Gasteiger partial charge on any atom is -0.351 e. The van der Waals surface area contributed by atoms with Gasteiger partial charge < -0.3 is 10.6 Å². The summed E-state index contributed by atoms with van der Waals surface area (Å²) in [4.78, 5) is 14.5. The predicted octanol–water partition coefficient (Wildman–Crippen LogP) is 1.68. The molecule has 2 heterocycles. The highest BCUT2D eigenvalue weighted by atomic mass is 35.5. The molecule has 1 aliphatic heterocycles. The third kappa shape index (κ3) is 6.29. The van der Waals surface area contributed by atoms with E-state index in [1.165, 1.54) is 5.56 Å². The maximum atomic E-state index is 12.3. The Kier molecular flexibility index (Phi) is 9.65. The number of hydrogen-bond donors (Lipinski definition) is 2. The number of nitrogens with zero attached hydrogens (tertiary/aromatic N) is 3. The molecule has 0 radical (unpaired) electrons. The molecule has 1 amide bonds. The molecule has 0 saturated carbocycles. The first kappa shape index (κ1) is 22.4. The van der Waals surface area contributed by atoms with Gasteiger partial charge in [-0.25, -0.2) is 0 Å². The maximum absolute atomic E-state index is 12.3. The van der Waals surface area contributed by atoms with Gasteiger partial charge in [0.25, 0.3) is 0 Å². The van der Waals surface area contributed by atoms with Crippen LogP contribution in [0.4, 0.5) is 0 Å². The number of rotatable bonds is 6. The smallest absolute Gasteiger partial charge is 0.234 e. The number of nitrogens with one attached hydrogen (secondary N) is 2. The lowest BCUT2D eigenvalue weighted by molar-refractivity contribution is -0.123. The molecular weight excluding hydrogens is 373 g/mol. The van der Waals surface area contributed by atoms with Crippen molar-refractivity contribution in [2.45, 2.75) is 26.1 Å². The highest BCUT2D eigenvalue weighted by Gasteiger charge is 2.20. The summed E-state index contributed by atoms with van der Waals surface area (Å²) in [6.45, 7) is 6.70. The lowest BCUT2D eigenvalue weighted by Crippen LogP contribution is -2.52. The van der Waals surface area contributed by atoms with Gasteiger partial charge in [0.05, 0.1) is 13.1 Å². The van der Waals surface area contributed by atoms with Crippen LogP contribution >= 0.6 is 24.8 Å². The summed E-state index contributed by atoms with van der Waals surface area (Å²) >= 11 is 0. The first-order chi connectivity index (χ1) is 11.7. The van der Waals surface area contributed by atoms with Crippen LogP contribution in [0.2, 0.25) is 0 Å². The largest absolute Gasteiger partial charge is 0.351 e. The van der Waals surface area contributed by atoms with Gasteiger partial charge in [0.1, 0.15) is 0 Å². The molecule has 2 aromatic rings. The molecule has 3 rings (SSSR count). The summed E-state index contributed by atoms with van der Waals surface area (Å²) in [6.07, 6.45) is 3.72. The second-order valence-electron chi connectivity index (χ2n) is 6.27. The summed E-state index contributed by atoms with van der Waals surface area (Å²) in [7, 11) is 0. The van der Waals surface area contributed by atoms with Gasteiger partial charge in [0, 0.05) is 44.6 Å². The molecule has 0 aliphatic carbocycles. The van der Waals surface area contributed by atoms with Crippen molar-refractivity contribution in [1.29, 1.82) is 0 Å². The van der Waals surface area contributed by atoms with Crippen molar-refractivity contribution < 1.29 is 4.79 Å². The monoisotopic (exact) mass is 399 g/mol. The Morgan fingerprint density at radius 1 is 1.27 bits per heavy atom. The third-order valence-corrected chi connectivity index (χ3v) is 4.47. The molecule has 0 unspecified atom stereocenters. The molecule has 144 valence electrons. The van der Waals surface area contributed by atoms with Crippen molar-refractivity contribution in [2.75, 3.05) is 26.2 Å². The molecular formula is C18H27Cl2N5O. The molecule has 1 fully saturated rings. The number of aromatic nitrogens is 2. The van der Waals surface area contributed by atoms with E-state index >= 15 is 0 Å². The Morgan fingerprint density at radius 3 is 2.73 bits per heavy atom. The molecule has 1 saturated heterocycles. The Hall–Kier alpha value is -1.60. The Labute approximate surface area is 167 Å². The fourth-order valence-corrected chi connectivity index (χ4v) is 3.00. The van der Waals surface area contributed by atoms with E-state index in [-0.39, 0.29) is 30.7 Å². The molecule has 1 aliphatic rings. The summed E-state index contributed by atoms with van der Waals surface area (Å²) in [5, 5.41) is 10.6. The van der Waals surface area contributed by atoms with Crippen molar-refractivity contribution in [3.8, 4) is 0 Å². The van der Waals surface area contributed by atoms with Gasteiger partial charge in [-0.05, 0) is 24.1 Å². The van der Waals surface area contributed by atoms with Crippen LogP contribution in [-0.4, -0.2) is 52.8 Å². The number of amides is 1. The van der Waals surface area contributed by atoms with Crippen molar-refractivity contribution in [1.82, 2.24) is 25.3 Å². The van der Waals surface area contributed by atoms with E-state index in [0.717, 1.165) is 25.2 Å². The van der Waals surface area contributed by atoms with Gasteiger partial charge in [-0.1, -0.05) is 24.3 Å². The van der Waals surface area contributed by atoms with Crippen LogP contribution in [0.25, 0.3) is 0 Å². The molecule has 1 atom stereocenters. The minimum absolute atomic E-state index is 0. The first-order valence-electron chi connectivity index (χ1n) is 8.48. The van der Waals surface area contributed by atoms with Crippen molar-refractivity contribution >= 4 is 30.7 Å². The van der Waals surface area contributed by atoms with Crippen molar-refractivity contribution in [3.63, 3.8) is 0 Å². The summed E-state index contributed by atoms with van der Waals surface area (Å²) in [5.41, 5.74) is 2.31. The Balaban J connectivity index is 0.00000169. The quantitative estimate of drug-likeness (QED) is 0.775. The number of hydrogen-bond acceptors (Lipinski definition) is 4. The van der Waals surface area contributed by atoms with Gasteiger partial charge in [-0.15, -0.1) is 24.8 Å². The second kappa shape index (κ2) is 11.2. The van der Waals surface area contributed by atoms with E-state index in [9.17, 15) is 4.79 Å². The molecule has 0 spiro atoms. The maximum Gasteiger partial charge on any atom is 0.234 e. The van der Waals surface area contributed by atoms with E-state index in [1.807, 2.05) is 29.1 Å². The van der Waals surface area contributed by atoms with Gasteiger partial charge >= 0.3 is 0 Å². The molecule has 1 aromatic heterocycles. The fourth-order valence-electron chi connectivity index (χ4n) is 3.00. The van der Waals surface area contributed by atoms with Crippen LogP contribution in [0.5, 0.6) is 0 Å². The van der Waals surface area contributed by atoms with Gasteiger partial charge in [0.2, 0.25) is 5.91 Å². The highest BCUT2D eigenvalue weighted by Crippen LogP contribution is 2.10. The van der Waals surface area contributed by atoms with Crippen molar-refractivity contribution in [3.05, 3.63) is 53.9 Å². The molecule has 0 bridgehead atoms. The lowest BCUT2D eigenvalue weighted by atomic mass is 10.1. The third-order valence-electron chi connectivity index (χ3n) is 4.47. The fraction of sp³-hybridized carbons (Fsp3) is 0.444. The lowest BCUT2D eigenvalue weighted by Gasteiger charge is -2.33. The zero-order valence-corrected chi connectivity index (χ0v) is 16.6. The van der Waals surface area contributed by atoms with Crippen LogP contribution in [0, 0.1) is 0 Å². The van der Waals surface area contributed by atoms with Crippen LogP contribution in [0.15, 0.2) is 42.7 Å². The standard InChI is InChI=1S/C18H25N5O.2ClH/c1-15-11-19-8-10-22(15)14-18(24)20-12-16-5-2-3-6-17(16)13-23-9-4-7-21-23;;/h2-7,9,15,19H,8,10-14H2,1H3,(H,20,24);2*1H/t15-;;/m0../s1. The number of halogens is 2. The normalized spacial score (nSPS) is 17.0. The molecule has 26 heavy (non-hydrogen) atoms. The number of carbonyl (C=O) groups is 1. The summed E-state index contributed by atoms with van der Waals surface area (Å²) in [5.74, 6) is 0.0812. The van der Waals surface area contributed by atoms with Gasteiger partial charge in [-0.3, -0.25) is 14.4 Å². The second-order valence-corrected chi connectivity index (χ2v) is 6.27. The zero-order chi connectivity index (χ0) is 16.8. The van der Waals surface area contributed by atoms with Crippen LogP contribution in [0.3, 0.4) is 0 Å². The van der Waals surface area contributed by atoms with Gasteiger partial charge in [-0.2, -0.15) is 5.10 Å². The summed E-state index contributed by atoms with van der Waals surface area (Å²) < 4.78 is 1.89. The van der Waals surface area contributed by atoms with Crippen LogP contribution in [-0.2, 0) is 17.9 Å². The molecule has 6 nitrogen and oxygen atoms in total. The SMILES string of the molecule is C[C@H]1CNCCN1CC(=O)NCc1ccccc1Cn1cccn1.Cl.Cl. The van der Waals surface area contributed by atoms with E-state index in [0.29, 0.717) is 25.7 Å². The van der Waals surface area contributed by atoms with E-state index in [1.54, 1.807) is 6.20 Å². The number of piperazine rings is 1. The average Bonchev–Trinajstić information content (AvgIpc) is 3.09. The van der Waals surface area contributed by atoms with E-state index in [4.69, 9.17) is 0 Å². The van der Waals surface area contributed by atoms with E-state index < -0.39 is 0 Å². The van der Waals surface area contributed by atoms with Crippen molar-refractivity contribution in [2.24, 2.45) is 0 Å². The molecule has 8 heteroatoms. The Morgan fingerprint density at radius 2 is 2.04 bits per heavy atom. The topological polar surface area (TPSA) is 62.2 Å². The number of benzene rings is 1.